The monoisotopic (exact) mass is 203 g/mol. The Hall–Kier alpha value is -0.980. The molecule has 1 atom stereocenters. The highest BCUT2D eigenvalue weighted by Gasteiger charge is 2.31. The quantitative estimate of drug-likeness (QED) is 0.678. The molecule has 1 aliphatic heterocycles. The average molecular weight is 203 g/mol. The van der Waals surface area contributed by atoms with Crippen molar-refractivity contribution in [2.45, 2.75) is 47.1 Å². The van der Waals surface area contributed by atoms with Crippen LogP contribution in [0.4, 0.5) is 5.69 Å². The Kier molecular flexibility index (Phi) is 2.29. The van der Waals surface area contributed by atoms with Gasteiger partial charge in [0.05, 0.1) is 0 Å². The molecule has 1 aromatic rings. The minimum Gasteiger partial charge on any atom is -0.381 e. The third-order valence-electron chi connectivity index (χ3n) is 3.53. The lowest BCUT2D eigenvalue weighted by Gasteiger charge is -2.27. The summed E-state index contributed by atoms with van der Waals surface area (Å²) in [6.45, 7) is 11.3. The van der Waals surface area contributed by atoms with Crippen molar-refractivity contribution < 1.29 is 0 Å². The van der Waals surface area contributed by atoms with Crippen molar-refractivity contribution in [3.05, 3.63) is 28.8 Å². The summed E-state index contributed by atoms with van der Waals surface area (Å²) in [6.07, 6.45) is 1.17. The summed E-state index contributed by atoms with van der Waals surface area (Å²) in [5, 5.41) is 3.68. The zero-order valence-corrected chi connectivity index (χ0v) is 10.4. The van der Waals surface area contributed by atoms with Crippen molar-refractivity contribution in [2.75, 3.05) is 5.32 Å². The Balaban J connectivity index is 2.39. The van der Waals surface area contributed by atoms with Crippen LogP contribution in [0.25, 0.3) is 0 Å². The molecule has 1 unspecified atom stereocenters. The molecule has 0 saturated heterocycles. The lowest BCUT2D eigenvalue weighted by molar-refractivity contribution is 0.347. The Morgan fingerprint density at radius 1 is 1.13 bits per heavy atom. The molecule has 1 aliphatic rings. The molecule has 0 aromatic heterocycles. The summed E-state index contributed by atoms with van der Waals surface area (Å²) in [6, 6.07) is 5.03. The van der Waals surface area contributed by atoms with E-state index >= 15 is 0 Å². The summed E-state index contributed by atoms with van der Waals surface area (Å²) in [5.41, 5.74) is 6.04. The molecule has 0 radical (unpaired) electrons. The van der Waals surface area contributed by atoms with Gasteiger partial charge in [0.15, 0.2) is 0 Å². The molecule has 0 saturated carbocycles. The van der Waals surface area contributed by atoms with Gasteiger partial charge in [0.1, 0.15) is 0 Å². The fourth-order valence-corrected chi connectivity index (χ4v) is 2.29. The van der Waals surface area contributed by atoms with E-state index < -0.39 is 0 Å². The lowest BCUT2D eigenvalue weighted by atomic mass is 9.85. The van der Waals surface area contributed by atoms with Crippen LogP contribution in [0.15, 0.2) is 12.1 Å². The van der Waals surface area contributed by atoms with Crippen LogP contribution in [0.5, 0.6) is 0 Å². The molecule has 0 spiro atoms. The lowest BCUT2D eigenvalue weighted by Crippen LogP contribution is -2.31. The Morgan fingerprint density at radius 3 is 2.27 bits per heavy atom. The van der Waals surface area contributed by atoms with Gasteiger partial charge in [0, 0.05) is 11.7 Å². The molecule has 0 bridgehead atoms. The highest BCUT2D eigenvalue weighted by molar-refractivity contribution is 5.64. The van der Waals surface area contributed by atoms with Gasteiger partial charge in [-0.1, -0.05) is 32.9 Å². The Morgan fingerprint density at radius 2 is 1.73 bits per heavy atom. The number of anilines is 1. The summed E-state index contributed by atoms with van der Waals surface area (Å²) in [7, 11) is 0. The number of fused-ring (bicyclic) bond motifs is 1. The number of rotatable bonds is 0. The minimum atomic E-state index is 0.331. The first-order chi connectivity index (χ1) is 6.89. The smallest absolute Gasteiger partial charge is 0.0408 e. The largest absolute Gasteiger partial charge is 0.381 e. The SMILES string of the molecule is Cc1ccc(C)c2c1CC(C(C)(C)C)N2. The molecule has 2 rings (SSSR count). The molecule has 0 amide bonds. The molecule has 1 heteroatoms. The van der Waals surface area contributed by atoms with Gasteiger partial charge in [0.2, 0.25) is 0 Å². The highest BCUT2D eigenvalue weighted by atomic mass is 15.0. The summed E-state index contributed by atoms with van der Waals surface area (Å²) in [5.74, 6) is 0. The second-order valence-electron chi connectivity index (χ2n) is 5.82. The first-order valence-electron chi connectivity index (χ1n) is 5.75. The summed E-state index contributed by atoms with van der Waals surface area (Å²) in [4.78, 5) is 0. The standard InChI is InChI=1S/C14H21N/c1-9-6-7-10(2)13-11(9)8-12(15-13)14(3,4)5/h6-7,12,15H,8H2,1-5H3. The van der Waals surface area contributed by atoms with Gasteiger partial charge in [-0.3, -0.25) is 0 Å². The van der Waals surface area contributed by atoms with Crippen molar-refractivity contribution in [3.8, 4) is 0 Å². The zero-order valence-electron chi connectivity index (χ0n) is 10.4. The van der Waals surface area contributed by atoms with Crippen LogP contribution in [0.3, 0.4) is 0 Å². The van der Waals surface area contributed by atoms with Gasteiger partial charge in [-0.2, -0.15) is 0 Å². The van der Waals surface area contributed by atoms with Crippen LogP contribution < -0.4 is 5.32 Å². The maximum atomic E-state index is 3.68. The van der Waals surface area contributed by atoms with Crippen LogP contribution in [-0.2, 0) is 6.42 Å². The summed E-state index contributed by atoms with van der Waals surface area (Å²) >= 11 is 0. The third-order valence-corrected chi connectivity index (χ3v) is 3.53. The van der Waals surface area contributed by atoms with Crippen LogP contribution in [0.1, 0.15) is 37.5 Å². The van der Waals surface area contributed by atoms with E-state index in [9.17, 15) is 0 Å². The summed E-state index contributed by atoms with van der Waals surface area (Å²) < 4.78 is 0. The van der Waals surface area contributed by atoms with Gasteiger partial charge >= 0.3 is 0 Å². The molecular weight excluding hydrogens is 182 g/mol. The van der Waals surface area contributed by atoms with E-state index in [-0.39, 0.29) is 0 Å². The topological polar surface area (TPSA) is 12.0 Å². The van der Waals surface area contributed by atoms with Crippen LogP contribution in [0, 0.1) is 19.3 Å². The fraction of sp³-hybridized carbons (Fsp3) is 0.571. The predicted molar refractivity (Wildman–Crippen MR) is 66.5 cm³/mol. The van der Waals surface area contributed by atoms with Crippen molar-refractivity contribution in [3.63, 3.8) is 0 Å². The van der Waals surface area contributed by atoms with Gasteiger partial charge < -0.3 is 5.32 Å². The van der Waals surface area contributed by atoms with Gasteiger partial charge in [0.25, 0.3) is 0 Å². The normalized spacial score (nSPS) is 19.9. The van der Waals surface area contributed by atoms with E-state index in [2.05, 4.69) is 52.1 Å². The maximum absolute atomic E-state index is 3.68. The van der Waals surface area contributed by atoms with E-state index in [0.29, 0.717) is 11.5 Å². The van der Waals surface area contributed by atoms with E-state index in [1.807, 2.05) is 0 Å². The number of hydrogen-bond acceptors (Lipinski definition) is 1. The highest BCUT2D eigenvalue weighted by Crippen LogP contribution is 2.37. The van der Waals surface area contributed by atoms with Crippen molar-refractivity contribution >= 4 is 5.69 Å². The maximum Gasteiger partial charge on any atom is 0.0408 e. The zero-order chi connectivity index (χ0) is 11.2. The first-order valence-corrected chi connectivity index (χ1v) is 5.75. The average Bonchev–Trinajstić information content (AvgIpc) is 2.56. The predicted octanol–water partition coefficient (Wildman–Crippen LogP) is 3.69. The van der Waals surface area contributed by atoms with E-state index in [1.54, 1.807) is 0 Å². The first kappa shape index (κ1) is 10.5. The number of aryl methyl sites for hydroxylation is 2. The van der Waals surface area contributed by atoms with Gasteiger partial charge in [-0.15, -0.1) is 0 Å². The number of benzene rings is 1. The van der Waals surface area contributed by atoms with Crippen molar-refractivity contribution in [1.82, 2.24) is 0 Å². The molecule has 15 heavy (non-hydrogen) atoms. The molecule has 1 aromatic carbocycles. The second kappa shape index (κ2) is 3.26. The molecule has 82 valence electrons. The van der Waals surface area contributed by atoms with Crippen molar-refractivity contribution in [1.29, 1.82) is 0 Å². The van der Waals surface area contributed by atoms with Crippen LogP contribution >= 0.6 is 0 Å². The van der Waals surface area contributed by atoms with E-state index in [0.717, 1.165) is 0 Å². The van der Waals surface area contributed by atoms with E-state index in [1.165, 1.54) is 28.8 Å². The third kappa shape index (κ3) is 1.75. The number of hydrogen-bond donors (Lipinski definition) is 1. The molecular formula is C14H21N. The van der Waals surface area contributed by atoms with Gasteiger partial charge in [-0.25, -0.2) is 0 Å². The molecule has 1 heterocycles. The molecule has 1 nitrogen and oxygen atoms in total. The Bertz CT molecular complexity index is 354. The molecule has 1 N–H and O–H groups in total. The molecule has 0 aliphatic carbocycles. The van der Waals surface area contributed by atoms with E-state index in [4.69, 9.17) is 0 Å². The van der Waals surface area contributed by atoms with Crippen LogP contribution in [-0.4, -0.2) is 6.04 Å². The Labute approximate surface area is 92.9 Å². The fourth-order valence-electron chi connectivity index (χ4n) is 2.29. The van der Waals surface area contributed by atoms with Crippen molar-refractivity contribution in [2.24, 2.45) is 5.41 Å². The minimum absolute atomic E-state index is 0.331. The van der Waals surface area contributed by atoms with Crippen LogP contribution in [0.2, 0.25) is 0 Å². The number of nitrogens with one attached hydrogen (secondary N) is 1. The molecule has 0 fully saturated rings. The second-order valence-corrected chi connectivity index (χ2v) is 5.82. The van der Waals surface area contributed by atoms with Gasteiger partial charge in [-0.05, 0) is 42.4 Å².